The zero-order chi connectivity index (χ0) is 21.6. The minimum absolute atomic E-state index is 0.151. The number of benzene rings is 2. The molecule has 0 aliphatic heterocycles. The molecule has 0 fully saturated rings. The smallest absolute Gasteiger partial charge is 0.315 e. The van der Waals surface area contributed by atoms with E-state index in [1.54, 1.807) is 24.3 Å². The van der Waals surface area contributed by atoms with E-state index in [-0.39, 0.29) is 24.2 Å². The number of amides is 2. The van der Waals surface area contributed by atoms with Crippen molar-refractivity contribution in [3.63, 3.8) is 0 Å². The number of rotatable bonds is 7. The molecule has 2 aromatic carbocycles. The van der Waals surface area contributed by atoms with Crippen molar-refractivity contribution in [2.75, 3.05) is 6.54 Å². The third-order valence-electron chi connectivity index (χ3n) is 4.36. The molecule has 0 saturated carbocycles. The van der Waals surface area contributed by atoms with Crippen LogP contribution >= 0.6 is 0 Å². The van der Waals surface area contributed by atoms with Crippen LogP contribution in [0, 0.1) is 11.6 Å². The molecule has 8 nitrogen and oxygen atoms in total. The summed E-state index contributed by atoms with van der Waals surface area (Å²) in [5, 5.41) is 12.2. The molecule has 0 bridgehead atoms. The number of urea groups is 1. The number of H-pyrrole nitrogens is 1. The highest BCUT2D eigenvalue weighted by Crippen LogP contribution is 2.19. The Morgan fingerprint density at radius 3 is 2.32 bits per heavy atom. The maximum absolute atomic E-state index is 13.0. The first-order chi connectivity index (χ1) is 15.1. The van der Waals surface area contributed by atoms with Crippen molar-refractivity contribution in [3.05, 3.63) is 77.9 Å². The van der Waals surface area contributed by atoms with Crippen LogP contribution in [0.25, 0.3) is 22.8 Å². The topological polar surface area (TPSA) is 109 Å². The Morgan fingerprint density at radius 1 is 0.935 bits per heavy atom. The molecule has 0 aliphatic carbocycles. The molecule has 0 radical (unpaired) electrons. The van der Waals surface area contributed by atoms with Crippen molar-refractivity contribution in [2.24, 2.45) is 0 Å². The van der Waals surface area contributed by atoms with Gasteiger partial charge in [-0.1, -0.05) is 0 Å². The molecule has 4 rings (SSSR count). The van der Waals surface area contributed by atoms with Crippen LogP contribution in [-0.4, -0.2) is 32.7 Å². The Bertz CT molecular complexity index is 1160. The molecule has 0 saturated heterocycles. The van der Waals surface area contributed by atoms with Gasteiger partial charge < -0.3 is 15.1 Å². The minimum Gasteiger partial charge on any atom is -0.444 e. The SMILES string of the molecule is O=C(NCCc1coc(-c2ccc(F)cc2)n1)NCc1nc(-c2ccc(F)cc2)n[nH]1. The van der Waals surface area contributed by atoms with Gasteiger partial charge in [-0.05, 0) is 48.5 Å². The molecule has 0 unspecified atom stereocenters. The highest BCUT2D eigenvalue weighted by Gasteiger charge is 2.09. The first-order valence-corrected chi connectivity index (χ1v) is 9.46. The summed E-state index contributed by atoms with van der Waals surface area (Å²) < 4.78 is 31.4. The Balaban J connectivity index is 1.21. The van der Waals surface area contributed by atoms with Crippen molar-refractivity contribution in [1.82, 2.24) is 30.8 Å². The zero-order valence-corrected chi connectivity index (χ0v) is 16.2. The number of oxazole rings is 1. The normalized spacial score (nSPS) is 10.8. The number of aromatic amines is 1. The molecular formula is C21H18F2N6O2. The summed E-state index contributed by atoms with van der Waals surface area (Å²) in [6, 6.07) is 11.3. The number of nitrogens with one attached hydrogen (secondary N) is 3. The average molecular weight is 424 g/mol. The van der Waals surface area contributed by atoms with Crippen LogP contribution in [0.3, 0.4) is 0 Å². The van der Waals surface area contributed by atoms with E-state index in [4.69, 9.17) is 4.42 Å². The largest absolute Gasteiger partial charge is 0.444 e. The maximum atomic E-state index is 13.0. The van der Waals surface area contributed by atoms with Crippen LogP contribution in [0.15, 0.2) is 59.2 Å². The van der Waals surface area contributed by atoms with Crippen molar-refractivity contribution in [2.45, 2.75) is 13.0 Å². The highest BCUT2D eigenvalue weighted by atomic mass is 19.1. The summed E-state index contributed by atoms with van der Waals surface area (Å²) in [7, 11) is 0. The van der Waals surface area contributed by atoms with E-state index in [1.807, 2.05) is 0 Å². The average Bonchev–Trinajstić information content (AvgIpc) is 3.43. The van der Waals surface area contributed by atoms with Crippen molar-refractivity contribution in [3.8, 4) is 22.8 Å². The third-order valence-corrected chi connectivity index (χ3v) is 4.36. The van der Waals surface area contributed by atoms with Crippen molar-refractivity contribution < 1.29 is 18.0 Å². The van der Waals surface area contributed by atoms with Crippen LogP contribution in [0.2, 0.25) is 0 Å². The van der Waals surface area contributed by atoms with E-state index in [0.29, 0.717) is 47.3 Å². The molecule has 2 heterocycles. The second kappa shape index (κ2) is 9.16. The summed E-state index contributed by atoms with van der Waals surface area (Å²) in [6.45, 7) is 0.497. The van der Waals surface area contributed by atoms with E-state index >= 15 is 0 Å². The summed E-state index contributed by atoms with van der Waals surface area (Å²) in [6.07, 6.45) is 1.97. The number of carbonyl (C=O) groups excluding carboxylic acids is 1. The zero-order valence-electron chi connectivity index (χ0n) is 16.2. The number of aromatic nitrogens is 4. The Kier molecular flexibility index (Phi) is 5.97. The fourth-order valence-corrected chi connectivity index (χ4v) is 2.78. The van der Waals surface area contributed by atoms with E-state index in [2.05, 4.69) is 30.8 Å². The van der Waals surface area contributed by atoms with Crippen LogP contribution in [-0.2, 0) is 13.0 Å². The summed E-state index contributed by atoms with van der Waals surface area (Å²) in [5.74, 6) is 0.606. The van der Waals surface area contributed by atoms with Gasteiger partial charge in [-0.2, -0.15) is 5.10 Å². The summed E-state index contributed by atoms with van der Waals surface area (Å²) >= 11 is 0. The van der Waals surface area contributed by atoms with Crippen LogP contribution < -0.4 is 10.6 Å². The number of hydrogen-bond acceptors (Lipinski definition) is 5. The van der Waals surface area contributed by atoms with Gasteiger partial charge >= 0.3 is 6.03 Å². The lowest BCUT2D eigenvalue weighted by molar-refractivity contribution is 0.240. The van der Waals surface area contributed by atoms with Crippen LogP contribution in [0.4, 0.5) is 13.6 Å². The predicted molar refractivity (Wildman–Crippen MR) is 108 cm³/mol. The Labute approximate surface area is 175 Å². The lowest BCUT2D eigenvalue weighted by Gasteiger charge is -2.04. The molecule has 0 atom stereocenters. The number of nitrogens with zero attached hydrogens (tertiary/aromatic N) is 3. The van der Waals surface area contributed by atoms with E-state index in [9.17, 15) is 13.6 Å². The van der Waals surface area contributed by atoms with Gasteiger partial charge in [-0.25, -0.2) is 23.5 Å². The molecule has 2 amide bonds. The van der Waals surface area contributed by atoms with E-state index in [0.717, 1.165) is 0 Å². The standard InChI is InChI=1S/C21H18F2N6O2/c22-15-5-1-13(2-6-15)19-27-18(28-29-19)11-25-21(30)24-10-9-17-12-31-20(26-17)14-3-7-16(23)8-4-14/h1-8,12H,9-11H2,(H2,24,25,30)(H,27,28,29). The third kappa shape index (κ3) is 5.30. The van der Waals surface area contributed by atoms with Gasteiger partial charge in [0.1, 0.15) is 23.7 Å². The first-order valence-electron chi connectivity index (χ1n) is 9.46. The second-order valence-electron chi connectivity index (χ2n) is 6.62. The van der Waals surface area contributed by atoms with Crippen molar-refractivity contribution >= 4 is 6.03 Å². The number of halogens is 2. The number of carbonyl (C=O) groups is 1. The molecule has 4 aromatic rings. The second-order valence-corrected chi connectivity index (χ2v) is 6.62. The lowest BCUT2D eigenvalue weighted by Crippen LogP contribution is -2.36. The Morgan fingerprint density at radius 2 is 1.61 bits per heavy atom. The van der Waals surface area contributed by atoms with Gasteiger partial charge in [0.15, 0.2) is 5.82 Å². The Hall–Kier alpha value is -4.08. The molecule has 3 N–H and O–H groups in total. The fourth-order valence-electron chi connectivity index (χ4n) is 2.78. The molecular weight excluding hydrogens is 406 g/mol. The first kappa shape index (κ1) is 20.2. The van der Waals surface area contributed by atoms with Gasteiger partial charge in [-0.15, -0.1) is 0 Å². The van der Waals surface area contributed by atoms with Gasteiger partial charge in [0.25, 0.3) is 0 Å². The maximum Gasteiger partial charge on any atom is 0.315 e. The summed E-state index contributed by atoms with van der Waals surface area (Å²) in [4.78, 5) is 20.6. The fraction of sp³-hybridized carbons (Fsp3) is 0.143. The van der Waals surface area contributed by atoms with E-state index < -0.39 is 0 Å². The predicted octanol–water partition coefficient (Wildman–Crippen LogP) is 3.45. The van der Waals surface area contributed by atoms with Crippen LogP contribution in [0.1, 0.15) is 11.5 Å². The van der Waals surface area contributed by atoms with Gasteiger partial charge in [-0.3, -0.25) is 5.10 Å². The number of hydrogen-bond donors (Lipinski definition) is 3. The van der Waals surface area contributed by atoms with Gasteiger partial charge in [0, 0.05) is 24.1 Å². The van der Waals surface area contributed by atoms with Crippen LogP contribution in [0.5, 0.6) is 0 Å². The monoisotopic (exact) mass is 424 g/mol. The summed E-state index contributed by atoms with van der Waals surface area (Å²) in [5.41, 5.74) is 2.00. The molecule has 0 aliphatic rings. The van der Waals surface area contributed by atoms with Gasteiger partial charge in [0.05, 0.1) is 12.2 Å². The minimum atomic E-state index is -0.373. The molecule has 10 heteroatoms. The highest BCUT2D eigenvalue weighted by molar-refractivity contribution is 5.73. The quantitative estimate of drug-likeness (QED) is 0.421. The molecule has 2 aromatic heterocycles. The lowest BCUT2D eigenvalue weighted by atomic mass is 10.2. The molecule has 31 heavy (non-hydrogen) atoms. The van der Waals surface area contributed by atoms with E-state index in [1.165, 1.54) is 30.5 Å². The van der Waals surface area contributed by atoms with Crippen molar-refractivity contribution in [1.29, 1.82) is 0 Å². The van der Waals surface area contributed by atoms with Gasteiger partial charge in [0.2, 0.25) is 5.89 Å². The molecule has 158 valence electrons. The molecule has 0 spiro atoms.